The van der Waals surface area contributed by atoms with Crippen LogP contribution in [-0.2, 0) is 17.9 Å². The average Bonchev–Trinajstić information content (AvgIpc) is 2.63. The molecule has 0 saturated carbocycles. The minimum absolute atomic E-state index is 0.0491. The highest BCUT2D eigenvalue weighted by molar-refractivity contribution is 5.74. The van der Waals surface area contributed by atoms with E-state index in [4.69, 9.17) is 5.26 Å². The number of aromatic nitrogens is 1. The normalized spacial score (nSPS) is 13.4. The van der Waals surface area contributed by atoms with E-state index in [1.807, 2.05) is 6.07 Å². The monoisotopic (exact) mass is 217 g/mol. The minimum atomic E-state index is -0.371. The number of fused-ring (bicyclic) bond motifs is 1. The Morgan fingerprint density at radius 1 is 1.44 bits per heavy atom. The first-order valence-electron chi connectivity index (χ1n) is 4.95. The Morgan fingerprint density at radius 3 is 2.62 bits per heavy atom. The van der Waals surface area contributed by atoms with Crippen LogP contribution < -0.4 is 5.56 Å². The maximum Gasteiger partial charge on any atom is 0.266 e. The maximum atomic E-state index is 11.5. The van der Waals surface area contributed by atoms with Crippen LogP contribution in [0.25, 0.3) is 0 Å². The third-order valence-electron chi connectivity index (χ3n) is 2.90. The quantitative estimate of drug-likeness (QED) is 0.684. The molecule has 0 radical (unpaired) electrons. The number of pyridine rings is 1. The molecule has 1 N–H and O–H groups in total. The molecule has 0 bridgehead atoms. The van der Waals surface area contributed by atoms with Gasteiger partial charge in [0.05, 0.1) is 0 Å². The first-order valence-corrected chi connectivity index (χ1v) is 4.95. The van der Waals surface area contributed by atoms with Crippen LogP contribution >= 0.6 is 0 Å². The van der Waals surface area contributed by atoms with Gasteiger partial charge < -0.3 is 9.88 Å². The van der Waals surface area contributed by atoms with Crippen LogP contribution in [0.15, 0.2) is 4.79 Å². The second kappa shape index (κ2) is 3.49. The number of aryl methyl sites for hydroxylation is 1. The van der Waals surface area contributed by atoms with Gasteiger partial charge in [0.1, 0.15) is 11.6 Å². The Balaban J connectivity index is 2.61. The number of rotatable bonds is 0. The van der Waals surface area contributed by atoms with E-state index in [1.165, 1.54) is 6.92 Å². The average molecular weight is 217 g/mol. The van der Waals surface area contributed by atoms with E-state index in [2.05, 4.69) is 4.98 Å². The highest BCUT2D eigenvalue weighted by atomic mass is 16.2. The molecular formula is C11H11N3O2. The van der Waals surface area contributed by atoms with Gasteiger partial charge in [0, 0.05) is 31.3 Å². The van der Waals surface area contributed by atoms with Crippen molar-refractivity contribution in [3.8, 4) is 6.07 Å². The summed E-state index contributed by atoms with van der Waals surface area (Å²) in [5.74, 6) is -0.0491. The Hall–Kier alpha value is -2.09. The predicted octanol–water partition coefficient (Wildman–Crippen LogP) is 0.417. The van der Waals surface area contributed by atoms with Crippen LogP contribution in [0, 0.1) is 18.3 Å². The summed E-state index contributed by atoms with van der Waals surface area (Å²) in [4.78, 5) is 27.0. The van der Waals surface area contributed by atoms with Gasteiger partial charge in [0.2, 0.25) is 5.91 Å². The van der Waals surface area contributed by atoms with Gasteiger partial charge in [-0.05, 0) is 12.5 Å². The molecule has 0 atom stereocenters. The zero-order valence-corrected chi connectivity index (χ0v) is 9.13. The molecule has 2 rings (SSSR count). The lowest BCUT2D eigenvalue weighted by Gasteiger charge is -2.11. The van der Waals surface area contributed by atoms with Gasteiger partial charge in [-0.15, -0.1) is 0 Å². The van der Waals surface area contributed by atoms with Crippen molar-refractivity contribution in [3.63, 3.8) is 0 Å². The summed E-state index contributed by atoms with van der Waals surface area (Å²) in [5, 5.41) is 8.92. The number of hydrogen-bond donors (Lipinski definition) is 1. The van der Waals surface area contributed by atoms with Gasteiger partial charge in [-0.1, -0.05) is 0 Å². The molecule has 0 spiro atoms. The number of aromatic amines is 1. The summed E-state index contributed by atoms with van der Waals surface area (Å²) in [6.45, 7) is 4.10. The van der Waals surface area contributed by atoms with Gasteiger partial charge in [-0.2, -0.15) is 5.26 Å². The molecule has 0 unspecified atom stereocenters. The van der Waals surface area contributed by atoms with Crippen molar-refractivity contribution in [2.45, 2.75) is 26.9 Å². The molecule has 0 aromatic carbocycles. The molecule has 1 aromatic heterocycles. The van der Waals surface area contributed by atoms with Crippen molar-refractivity contribution < 1.29 is 4.79 Å². The van der Waals surface area contributed by atoms with E-state index in [0.29, 0.717) is 18.7 Å². The van der Waals surface area contributed by atoms with Gasteiger partial charge in [-0.25, -0.2) is 0 Å². The van der Waals surface area contributed by atoms with Crippen LogP contribution in [0.1, 0.15) is 29.3 Å². The summed E-state index contributed by atoms with van der Waals surface area (Å²) in [6, 6.07) is 1.90. The second-order valence-electron chi connectivity index (χ2n) is 3.90. The standard InChI is InChI=1S/C11H11N3O2/c1-6-9-4-14(7(2)15)5-10(9)8(3-12)11(16)13-6/h4-5H2,1-2H3,(H,13,16). The molecular weight excluding hydrogens is 206 g/mol. The number of carbonyl (C=O) groups is 1. The molecule has 1 aliphatic rings. The molecule has 5 heteroatoms. The first-order chi connectivity index (χ1) is 7.54. The lowest BCUT2D eigenvalue weighted by Crippen LogP contribution is -2.22. The van der Waals surface area contributed by atoms with Crippen molar-refractivity contribution in [2.75, 3.05) is 0 Å². The zero-order chi connectivity index (χ0) is 11.9. The highest BCUT2D eigenvalue weighted by Crippen LogP contribution is 2.25. The van der Waals surface area contributed by atoms with E-state index in [-0.39, 0.29) is 17.0 Å². The minimum Gasteiger partial charge on any atom is -0.334 e. The van der Waals surface area contributed by atoms with Crippen LogP contribution in [0.4, 0.5) is 0 Å². The first kappa shape index (κ1) is 10.4. The lowest BCUT2D eigenvalue weighted by molar-refractivity contribution is -0.129. The van der Waals surface area contributed by atoms with Crippen molar-refractivity contribution in [2.24, 2.45) is 0 Å². The van der Waals surface area contributed by atoms with Crippen LogP contribution in [0.3, 0.4) is 0 Å². The number of carbonyl (C=O) groups excluding carboxylic acids is 1. The summed E-state index contributed by atoms with van der Waals surface area (Å²) < 4.78 is 0. The number of amides is 1. The fraction of sp³-hybridized carbons (Fsp3) is 0.364. The van der Waals surface area contributed by atoms with Crippen molar-refractivity contribution in [3.05, 3.63) is 32.7 Å². The smallest absolute Gasteiger partial charge is 0.266 e. The summed E-state index contributed by atoms with van der Waals surface area (Å²) in [7, 11) is 0. The number of nitriles is 1. The third kappa shape index (κ3) is 1.39. The Bertz CT molecular complexity index is 566. The molecule has 0 saturated heterocycles. The number of nitrogens with one attached hydrogen (secondary N) is 1. The van der Waals surface area contributed by atoms with Crippen molar-refractivity contribution in [1.82, 2.24) is 9.88 Å². The highest BCUT2D eigenvalue weighted by Gasteiger charge is 2.26. The van der Waals surface area contributed by atoms with E-state index in [9.17, 15) is 9.59 Å². The summed E-state index contributed by atoms with van der Waals surface area (Å²) in [6.07, 6.45) is 0. The molecule has 2 heterocycles. The van der Waals surface area contributed by atoms with Gasteiger partial charge >= 0.3 is 0 Å². The SMILES string of the molecule is CC(=O)N1Cc2c(C)[nH]c(=O)c(C#N)c2C1. The molecule has 5 nitrogen and oxygen atoms in total. The molecule has 1 aliphatic heterocycles. The molecule has 0 aliphatic carbocycles. The van der Waals surface area contributed by atoms with Crippen LogP contribution in [-0.4, -0.2) is 15.8 Å². The molecule has 0 fully saturated rings. The molecule has 1 amide bonds. The molecule has 16 heavy (non-hydrogen) atoms. The van der Waals surface area contributed by atoms with E-state index >= 15 is 0 Å². The summed E-state index contributed by atoms with van der Waals surface area (Å²) in [5.41, 5.74) is 2.08. The largest absolute Gasteiger partial charge is 0.334 e. The summed E-state index contributed by atoms with van der Waals surface area (Å²) >= 11 is 0. The zero-order valence-electron chi connectivity index (χ0n) is 9.13. The number of H-pyrrole nitrogens is 1. The van der Waals surface area contributed by atoms with Gasteiger partial charge in [0.25, 0.3) is 5.56 Å². The van der Waals surface area contributed by atoms with E-state index < -0.39 is 0 Å². The maximum absolute atomic E-state index is 11.5. The second-order valence-corrected chi connectivity index (χ2v) is 3.90. The Kier molecular flexibility index (Phi) is 2.27. The number of nitrogens with zero attached hydrogens (tertiary/aromatic N) is 2. The van der Waals surface area contributed by atoms with Gasteiger partial charge in [0.15, 0.2) is 0 Å². The number of hydrogen-bond acceptors (Lipinski definition) is 3. The molecule has 1 aromatic rings. The fourth-order valence-corrected chi connectivity index (χ4v) is 1.99. The predicted molar refractivity (Wildman–Crippen MR) is 56.4 cm³/mol. The Labute approximate surface area is 92.3 Å². The van der Waals surface area contributed by atoms with E-state index in [0.717, 1.165) is 11.3 Å². The lowest BCUT2D eigenvalue weighted by atomic mass is 10.1. The van der Waals surface area contributed by atoms with Crippen LogP contribution in [0.2, 0.25) is 0 Å². The third-order valence-corrected chi connectivity index (χ3v) is 2.90. The Morgan fingerprint density at radius 2 is 2.06 bits per heavy atom. The van der Waals surface area contributed by atoms with Gasteiger partial charge in [-0.3, -0.25) is 9.59 Å². The van der Waals surface area contributed by atoms with Crippen LogP contribution in [0.5, 0.6) is 0 Å². The fourth-order valence-electron chi connectivity index (χ4n) is 1.99. The van der Waals surface area contributed by atoms with Crippen molar-refractivity contribution >= 4 is 5.91 Å². The van der Waals surface area contributed by atoms with E-state index in [1.54, 1.807) is 11.8 Å². The van der Waals surface area contributed by atoms with Crippen molar-refractivity contribution in [1.29, 1.82) is 5.26 Å². The topological polar surface area (TPSA) is 77.0 Å². The molecule has 82 valence electrons.